The third-order valence-electron chi connectivity index (χ3n) is 6.57. The Labute approximate surface area is 219 Å². The van der Waals surface area contributed by atoms with Crippen LogP contribution in [0.1, 0.15) is 40.3 Å². The van der Waals surface area contributed by atoms with E-state index in [1.165, 1.54) is 22.5 Å². The lowest BCUT2D eigenvalue weighted by atomic mass is 9.96. The first-order valence-corrected chi connectivity index (χ1v) is 12.7. The van der Waals surface area contributed by atoms with E-state index in [2.05, 4.69) is 92.0 Å². The Morgan fingerprint density at radius 3 is 2.51 bits per heavy atom. The molecule has 0 spiro atoms. The maximum absolute atomic E-state index is 5.89. The first-order chi connectivity index (χ1) is 17.0. The van der Waals surface area contributed by atoms with Gasteiger partial charge in [-0.25, -0.2) is 0 Å². The van der Waals surface area contributed by atoms with Crippen LogP contribution < -0.4 is 10.1 Å². The second kappa shape index (κ2) is 9.84. The van der Waals surface area contributed by atoms with Gasteiger partial charge >= 0.3 is 0 Å². The third kappa shape index (κ3) is 4.58. The molecule has 0 radical (unpaired) electrons. The minimum atomic E-state index is -0.0570. The fourth-order valence-corrected chi connectivity index (χ4v) is 5.63. The van der Waals surface area contributed by atoms with Gasteiger partial charge in [0.05, 0.1) is 24.9 Å². The van der Waals surface area contributed by atoms with Gasteiger partial charge in [0.25, 0.3) is 0 Å². The first kappa shape index (κ1) is 23.6. The highest BCUT2D eigenvalue weighted by Gasteiger charge is 2.41. The van der Waals surface area contributed by atoms with Gasteiger partial charge in [-0.2, -0.15) is 0 Å². The second-order valence-corrected chi connectivity index (χ2v) is 10.0. The van der Waals surface area contributed by atoms with Gasteiger partial charge in [-0.15, -0.1) is 0 Å². The number of nitrogens with zero attached hydrogens (tertiary/aromatic N) is 3. The van der Waals surface area contributed by atoms with Crippen molar-refractivity contribution < 1.29 is 4.74 Å². The summed E-state index contributed by atoms with van der Waals surface area (Å²) in [4.78, 5) is 6.97. The molecule has 35 heavy (non-hydrogen) atoms. The molecule has 1 fully saturated rings. The van der Waals surface area contributed by atoms with Crippen LogP contribution in [0.2, 0.25) is 0 Å². The maximum atomic E-state index is 5.89. The molecule has 178 valence electrons. The number of aromatic nitrogens is 2. The van der Waals surface area contributed by atoms with E-state index < -0.39 is 0 Å². The SMILES string of the molecule is COc1ccc(CN2C(=S)NC(c3ccccn3)C2c2cc(C)n(-c3cccc(Br)c3)c2C)cc1. The zero-order valence-electron chi connectivity index (χ0n) is 19.9. The third-order valence-corrected chi connectivity index (χ3v) is 7.41. The predicted octanol–water partition coefficient (Wildman–Crippen LogP) is 6.43. The summed E-state index contributed by atoms with van der Waals surface area (Å²) < 4.78 is 8.71. The zero-order chi connectivity index (χ0) is 24.5. The lowest BCUT2D eigenvalue weighted by Gasteiger charge is -2.28. The normalized spacial score (nSPS) is 17.5. The van der Waals surface area contributed by atoms with Gasteiger partial charge in [-0.05, 0) is 85.7 Å². The van der Waals surface area contributed by atoms with Crippen LogP contribution in [0.5, 0.6) is 5.75 Å². The van der Waals surface area contributed by atoms with E-state index >= 15 is 0 Å². The van der Waals surface area contributed by atoms with Crippen molar-refractivity contribution in [2.45, 2.75) is 32.5 Å². The average molecular weight is 548 g/mol. The molecule has 0 amide bonds. The van der Waals surface area contributed by atoms with E-state index in [0.717, 1.165) is 26.7 Å². The molecule has 4 aromatic rings. The van der Waals surface area contributed by atoms with Crippen molar-refractivity contribution >= 4 is 33.3 Å². The minimum Gasteiger partial charge on any atom is -0.497 e. The van der Waals surface area contributed by atoms with Crippen molar-refractivity contribution in [1.82, 2.24) is 19.8 Å². The van der Waals surface area contributed by atoms with Gasteiger partial charge < -0.3 is 19.5 Å². The van der Waals surface area contributed by atoms with Crippen molar-refractivity contribution in [1.29, 1.82) is 0 Å². The predicted molar refractivity (Wildman–Crippen MR) is 147 cm³/mol. The Bertz CT molecular complexity index is 1350. The summed E-state index contributed by atoms with van der Waals surface area (Å²) in [7, 11) is 1.68. The van der Waals surface area contributed by atoms with Gasteiger partial charge in [-0.1, -0.05) is 40.2 Å². The molecular weight excluding hydrogens is 520 g/mol. The molecule has 1 aliphatic rings. The number of aryl methyl sites for hydroxylation is 1. The molecule has 0 saturated carbocycles. The molecule has 2 unspecified atom stereocenters. The van der Waals surface area contributed by atoms with Crippen LogP contribution in [0.25, 0.3) is 5.69 Å². The number of nitrogens with one attached hydrogen (secondary N) is 1. The molecule has 1 saturated heterocycles. The van der Waals surface area contributed by atoms with Crippen LogP contribution in [-0.4, -0.2) is 26.7 Å². The molecule has 3 heterocycles. The number of ether oxygens (including phenoxy) is 1. The highest BCUT2D eigenvalue weighted by molar-refractivity contribution is 9.10. The quantitative estimate of drug-likeness (QED) is 0.282. The first-order valence-electron chi connectivity index (χ1n) is 11.5. The molecular formula is C28H27BrN4OS. The highest BCUT2D eigenvalue weighted by atomic mass is 79.9. The number of rotatable bonds is 6. The van der Waals surface area contributed by atoms with E-state index in [1.807, 2.05) is 36.5 Å². The molecule has 1 N–H and O–H groups in total. The fourth-order valence-electron chi connectivity index (χ4n) is 4.94. The van der Waals surface area contributed by atoms with Crippen LogP contribution in [0.4, 0.5) is 0 Å². The Kier molecular flexibility index (Phi) is 6.62. The summed E-state index contributed by atoms with van der Waals surface area (Å²) in [5.74, 6) is 0.844. The second-order valence-electron chi connectivity index (χ2n) is 8.74. The highest BCUT2D eigenvalue weighted by Crippen LogP contribution is 2.42. The molecule has 0 bridgehead atoms. The number of methoxy groups -OCH3 is 1. The van der Waals surface area contributed by atoms with E-state index in [1.54, 1.807) is 7.11 Å². The Morgan fingerprint density at radius 2 is 1.83 bits per heavy atom. The topological polar surface area (TPSA) is 42.3 Å². The van der Waals surface area contributed by atoms with Crippen LogP contribution >= 0.6 is 28.1 Å². The molecule has 0 aliphatic carbocycles. The van der Waals surface area contributed by atoms with E-state index in [9.17, 15) is 0 Å². The molecule has 2 atom stereocenters. The van der Waals surface area contributed by atoms with Gasteiger partial charge in [-0.3, -0.25) is 4.98 Å². The van der Waals surface area contributed by atoms with Crippen molar-refractivity contribution in [3.63, 3.8) is 0 Å². The summed E-state index contributed by atoms with van der Waals surface area (Å²) in [6.45, 7) is 5.03. The summed E-state index contributed by atoms with van der Waals surface area (Å²) in [6, 6.07) is 24.8. The van der Waals surface area contributed by atoms with E-state index in [-0.39, 0.29) is 12.1 Å². The van der Waals surface area contributed by atoms with Gasteiger partial charge in [0.15, 0.2) is 5.11 Å². The number of hydrogen-bond acceptors (Lipinski definition) is 3. The zero-order valence-corrected chi connectivity index (χ0v) is 22.3. The van der Waals surface area contributed by atoms with Crippen molar-refractivity contribution in [2.24, 2.45) is 0 Å². The summed E-state index contributed by atoms with van der Waals surface area (Å²) >= 11 is 9.51. The van der Waals surface area contributed by atoms with E-state index in [4.69, 9.17) is 17.0 Å². The molecule has 5 rings (SSSR count). The maximum Gasteiger partial charge on any atom is 0.170 e. The summed E-state index contributed by atoms with van der Waals surface area (Å²) in [5, 5.41) is 4.30. The number of benzene rings is 2. The van der Waals surface area contributed by atoms with Crippen molar-refractivity contribution in [2.75, 3.05) is 7.11 Å². The summed E-state index contributed by atoms with van der Waals surface area (Å²) in [5.41, 5.74) is 6.88. The Balaban J connectivity index is 1.60. The minimum absolute atomic E-state index is 0.00777. The van der Waals surface area contributed by atoms with E-state index in [0.29, 0.717) is 6.54 Å². The molecule has 2 aromatic carbocycles. The largest absolute Gasteiger partial charge is 0.497 e. The fraction of sp³-hybridized carbons (Fsp3) is 0.214. The molecule has 5 nitrogen and oxygen atoms in total. The Morgan fingerprint density at radius 1 is 1.03 bits per heavy atom. The van der Waals surface area contributed by atoms with Gasteiger partial charge in [0, 0.05) is 34.3 Å². The molecule has 2 aromatic heterocycles. The van der Waals surface area contributed by atoms with Crippen molar-refractivity contribution in [3.8, 4) is 11.4 Å². The number of halogens is 1. The van der Waals surface area contributed by atoms with Crippen molar-refractivity contribution in [3.05, 3.63) is 112 Å². The van der Waals surface area contributed by atoms with Crippen LogP contribution in [-0.2, 0) is 6.54 Å². The van der Waals surface area contributed by atoms with Gasteiger partial charge in [0.1, 0.15) is 5.75 Å². The number of pyridine rings is 1. The summed E-state index contributed by atoms with van der Waals surface area (Å²) in [6.07, 6.45) is 1.84. The van der Waals surface area contributed by atoms with Crippen LogP contribution in [0.3, 0.4) is 0 Å². The smallest absolute Gasteiger partial charge is 0.170 e. The standard InChI is InChI=1S/C28H27BrN4OS/c1-18-15-24(19(2)33(18)22-8-6-7-21(29)16-22)27-26(25-9-4-5-14-30-25)31-28(35)32(27)17-20-10-12-23(34-3)13-11-20/h4-16,26-27H,17H2,1-3H3,(H,31,35). The lowest BCUT2D eigenvalue weighted by molar-refractivity contribution is 0.310. The average Bonchev–Trinajstić information content (AvgIpc) is 3.34. The van der Waals surface area contributed by atoms with Crippen LogP contribution in [0, 0.1) is 13.8 Å². The molecule has 1 aliphatic heterocycles. The lowest BCUT2D eigenvalue weighted by Crippen LogP contribution is -2.29. The monoisotopic (exact) mass is 546 g/mol. The van der Waals surface area contributed by atoms with Gasteiger partial charge in [0.2, 0.25) is 0 Å². The van der Waals surface area contributed by atoms with Crippen LogP contribution in [0.15, 0.2) is 83.5 Å². The number of hydrogen-bond donors (Lipinski definition) is 1. The molecule has 7 heteroatoms. The Hall–Kier alpha value is -3.16. The number of thiocarbonyl (C=S) groups is 1.